The summed E-state index contributed by atoms with van der Waals surface area (Å²) in [7, 11) is 0. The number of carbonyl (C=O) groups is 2. The van der Waals surface area contributed by atoms with Gasteiger partial charge in [-0.05, 0) is 51.2 Å². The second-order valence-electron chi connectivity index (χ2n) is 6.94. The average molecular weight is 358 g/mol. The van der Waals surface area contributed by atoms with Crippen LogP contribution in [0, 0.1) is 12.8 Å². The van der Waals surface area contributed by atoms with Gasteiger partial charge in [0.05, 0.1) is 17.0 Å². The van der Waals surface area contributed by atoms with Crippen LogP contribution in [0.25, 0.3) is 11.0 Å². The van der Waals surface area contributed by atoms with Crippen LogP contribution in [0.15, 0.2) is 24.3 Å². The number of amides is 2. The quantitative estimate of drug-likeness (QED) is 0.692. The van der Waals surface area contributed by atoms with Crippen LogP contribution in [0.2, 0.25) is 0 Å². The number of carbonyl (C=O) groups excluding carboxylic acids is 1. The van der Waals surface area contributed by atoms with Crippen molar-refractivity contribution in [2.45, 2.75) is 51.6 Å². The number of benzene rings is 1. The molecule has 1 fully saturated rings. The second-order valence-corrected chi connectivity index (χ2v) is 6.94. The number of aromatic nitrogens is 2. The monoisotopic (exact) mass is 358 g/mol. The fraction of sp³-hybridized carbons (Fsp3) is 0.526. The molecule has 0 spiro atoms. The minimum Gasteiger partial charge on any atom is -0.481 e. The van der Waals surface area contributed by atoms with Gasteiger partial charge < -0.3 is 20.3 Å². The number of nitrogens with zero attached hydrogens (tertiary/aromatic N) is 2. The first-order valence-corrected chi connectivity index (χ1v) is 9.23. The highest BCUT2D eigenvalue weighted by Gasteiger charge is 2.26. The van der Waals surface area contributed by atoms with Gasteiger partial charge in [0.15, 0.2) is 0 Å². The van der Waals surface area contributed by atoms with E-state index in [0.717, 1.165) is 42.7 Å². The van der Waals surface area contributed by atoms with Gasteiger partial charge in [0, 0.05) is 19.1 Å². The standard InChI is InChI=1S/C19H26N4O3/c1-13-21-16-5-2-3-6-17(16)23(13)12-4-11-20-19(26)22-15-9-7-14(8-10-15)18(24)25/h2-3,5-6,14-15H,4,7-12H2,1H3,(H,24,25)(H2,20,22,26). The van der Waals surface area contributed by atoms with Gasteiger partial charge >= 0.3 is 12.0 Å². The number of urea groups is 1. The van der Waals surface area contributed by atoms with Crippen molar-refractivity contribution in [2.24, 2.45) is 5.92 Å². The largest absolute Gasteiger partial charge is 0.481 e. The first kappa shape index (κ1) is 18.2. The minimum atomic E-state index is -0.727. The fourth-order valence-electron chi connectivity index (χ4n) is 3.64. The van der Waals surface area contributed by atoms with E-state index in [4.69, 9.17) is 5.11 Å². The van der Waals surface area contributed by atoms with Crippen molar-refractivity contribution in [2.75, 3.05) is 6.54 Å². The van der Waals surface area contributed by atoms with Crippen molar-refractivity contribution in [3.05, 3.63) is 30.1 Å². The molecular weight excluding hydrogens is 332 g/mol. The third-order valence-electron chi connectivity index (χ3n) is 5.10. The molecule has 0 radical (unpaired) electrons. The lowest BCUT2D eigenvalue weighted by atomic mass is 9.86. The number of carboxylic acid groups (broad SMARTS) is 1. The minimum absolute atomic E-state index is 0.0745. The first-order chi connectivity index (χ1) is 12.5. The molecule has 1 aliphatic rings. The molecular formula is C19H26N4O3. The van der Waals surface area contributed by atoms with Gasteiger partial charge in [0.25, 0.3) is 0 Å². The van der Waals surface area contributed by atoms with E-state index in [2.05, 4.69) is 26.3 Å². The molecule has 0 atom stereocenters. The van der Waals surface area contributed by atoms with E-state index in [9.17, 15) is 9.59 Å². The van der Waals surface area contributed by atoms with Crippen LogP contribution < -0.4 is 10.6 Å². The Balaban J connectivity index is 1.39. The number of aliphatic carboxylic acids is 1. The predicted octanol–water partition coefficient (Wildman–Crippen LogP) is 2.68. The lowest BCUT2D eigenvalue weighted by molar-refractivity contribution is -0.142. The van der Waals surface area contributed by atoms with Gasteiger partial charge in [-0.15, -0.1) is 0 Å². The Morgan fingerprint density at radius 2 is 1.96 bits per heavy atom. The summed E-state index contributed by atoms with van der Waals surface area (Å²) in [5.41, 5.74) is 2.11. The maximum absolute atomic E-state index is 12.0. The summed E-state index contributed by atoms with van der Waals surface area (Å²) < 4.78 is 2.17. The molecule has 26 heavy (non-hydrogen) atoms. The summed E-state index contributed by atoms with van der Waals surface area (Å²) in [5.74, 6) is -0.00887. The van der Waals surface area contributed by atoms with Crippen LogP contribution in [0.1, 0.15) is 37.9 Å². The molecule has 7 nitrogen and oxygen atoms in total. The summed E-state index contributed by atoms with van der Waals surface area (Å²) in [6.07, 6.45) is 3.54. The number of para-hydroxylation sites is 2. The highest BCUT2D eigenvalue weighted by atomic mass is 16.4. The molecule has 1 heterocycles. The van der Waals surface area contributed by atoms with Gasteiger partial charge in [0.1, 0.15) is 5.82 Å². The van der Waals surface area contributed by atoms with Crippen molar-refractivity contribution in [3.63, 3.8) is 0 Å². The Bertz CT molecular complexity index is 778. The summed E-state index contributed by atoms with van der Waals surface area (Å²) in [6, 6.07) is 7.95. The van der Waals surface area contributed by atoms with Crippen molar-refractivity contribution in [1.29, 1.82) is 0 Å². The summed E-state index contributed by atoms with van der Waals surface area (Å²) >= 11 is 0. The average Bonchev–Trinajstić information content (AvgIpc) is 2.94. The summed E-state index contributed by atoms with van der Waals surface area (Å²) in [6.45, 7) is 3.38. The maximum Gasteiger partial charge on any atom is 0.315 e. The lowest BCUT2D eigenvalue weighted by Crippen LogP contribution is -2.44. The predicted molar refractivity (Wildman–Crippen MR) is 99.0 cm³/mol. The lowest BCUT2D eigenvalue weighted by Gasteiger charge is -2.26. The van der Waals surface area contributed by atoms with Gasteiger partial charge in [-0.25, -0.2) is 9.78 Å². The van der Waals surface area contributed by atoms with Crippen LogP contribution in [0.5, 0.6) is 0 Å². The maximum atomic E-state index is 12.0. The topological polar surface area (TPSA) is 96.3 Å². The van der Waals surface area contributed by atoms with Crippen molar-refractivity contribution in [3.8, 4) is 0 Å². The highest BCUT2D eigenvalue weighted by Crippen LogP contribution is 2.24. The van der Waals surface area contributed by atoms with E-state index in [1.165, 1.54) is 0 Å². The third kappa shape index (κ3) is 4.33. The molecule has 0 aliphatic heterocycles. The zero-order valence-corrected chi connectivity index (χ0v) is 15.1. The molecule has 2 amide bonds. The SMILES string of the molecule is Cc1nc2ccccc2n1CCCNC(=O)NC1CCC(C(=O)O)CC1. The number of nitrogens with one attached hydrogen (secondary N) is 2. The molecule has 1 aliphatic carbocycles. The van der Waals surface area contributed by atoms with Crippen LogP contribution in [0.4, 0.5) is 4.79 Å². The van der Waals surface area contributed by atoms with Crippen LogP contribution in [0.3, 0.4) is 0 Å². The molecule has 140 valence electrons. The van der Waals surface area contributed by atoms with Crippen LogP contribution in [-0.2, 0) is 11.3 Å². The molecule has 3 N–H and O–H groups in total. The van der Waals surface area contributed by atoms with Gasteiger partial charge in [-0.2, -0.15) is 0 Å². The zero-order chi connectivity index (χ0) is 18.5. The number of rotatable bonds is 6. The van der Waals surface area contributed by atoms with Gasteiger partial charge in [-0.1, -0.05) is 12.1 Å². The Morgan fingerprint density at radius 3 is 2.69 bits per heavy atom. The summed E-state index contributed by atoms with van der Waals surface area (Å²) in [5, 5.41) is 14.9. The fourth-order valence-corrected chi connectivity index (χ4v) is 3.64. The molecule has 0 saturated heterocycles. The van der Waals surface area contributed by atoms with Gasteiger partial charge in [0.2, 0.25) is 0 Å². The van der Waals surface area contributed by atoms with Crippen molar-refractivity contribution in [1.82, 2.24) is 20.2 Å². The molecule has 3 rings (SSSR count). The van der Waals surface area contributed by atoms with Gasteiger partial charge in [-0.3, -0.25) is 4.79 Å². The second kappa shape index (κ2) is 8.21. The van der Waals surface area contributed by atoms with E-state index < -0.39 is 5.97 Å². The molecule has 1 saturated carbocycles. The number of hydrogen-bond acceptors (Lipinski definition) is 3. The molecule has 2 aromatic rings. The Labute approximate surface area is 152 Å². The van der Waals surface area contributed by atoms with E-state index >= 15 is 0 Å². The Morgan fingerprint density at radius 1 is 1.23 bits per heavy atom. The van der Waals surface area contributed by atoms with Crippen LogP contribution in [-0.4, -0.2) is 39.2 Å². The highest BCUT2D eigenvalue weighted by molar-refractivity contribution is 5.76. The zero-order valence-electron chi connectivity index (χ0n) is 15.1. The van der Waals surface area contributed by atoms with E-state index in [1.54, 1.807) is 0 Å². The summed E-state index contributed by atoms with van der Waals surface area (Å²) in [4.78, 5) is 27.5. The molecule has 1 aromatic heterocycles. The normalized spacial score (nSPS) is 20.0. The van der Waals surface area contributed by atoms with E-state index in [-0.39, 0.29) is 18.0 Å². The van der Waals surface area contributed by atoms with E-state index in [0.29, 0.717) is 19.4 Å². The number of aryl methyl sites for hydroxylation is 2. The smallest absolute Gasteiger partial charge is 0.315 e. The van der Waals surface area contributed by atoms with E-state index in [1.807, 2.05) is 25.1 Å². The molecule has 0 unspecified atom stereocenters. The Kier molecular flexibility index (Phi) is 5.75. The molecule has 1 aromatic carbocycles. The van der Waals surface area contributed by atoms with Crippen LogP contribution >= 0.6 is 0 Å². The van der Waals surface area contributed by atoms with Crippen molar-refractivity contribution < 1.29 is 14.7 Å². The number of fused-ring (bicyclic) bond motifs is 1. The molecule has 7 heteroatoms. The third-order valence-corrected chi connectivity index (χ3v) is 5.10. The number of hydrogen-bond donors (Lipinski definition) is 3. The first-order valence-electron chi connectivity index (χ1n) is 9.23. The molecule has 0 bridgehead atoms. The number of carboxylic acids is 1. The van der Waals surface area contributed by atoms with Crippen molar-refractivity contribution >= 4 is 23.0 Å². The Hall–Kier alpha value is -2.57. The number of imidazole rings is 1.